The van der Waals surface area contributed by atoms with E-state index in [0.29, 0.717) is 0 Å². The quantitative estimate of drug-likeness (QED) is 0.116. The highest BCUT2D eigenvalue weighted by atomic mass is 16.3. The highest BCUT2D eigenvalue weighted by molar-refractivity contribution is 6.07. The first-order chi connectivity index (χ1) is 37.1. The SMILES string of the molecule is c1ccc(-c2cc(-c3ccc(-c4ccccc4-c4cc(CCc5ccc(-c6ccccn6)cc5)cc(CCc5ccc(-c6ccccn6)cc5)c4)c(-c4ccc5c(c4)oc4ccccc45)c3)nc3ccccc23)cc1. The van der Waals surface area contributed by atoms with E-state index in [4.69, 9.17) is 9.40 Å². The molecule has 4 aromatic heterocycles. The molecule has 0 atom stereocenters. The molecule has 0 spiro atoms. The molecule has 0 fully saturated rings. The summed E-state index contributed by atoms with van der Waals surface area (Å²) in [5, 5.41) is 3.35. The van der Waals surface area contributed by atoms with E-state index in [9.17, 15) is 0 Å². The van der Waals surface area contributed by atoms with Gasteiger partial charge in [-0.25, -0.2) is 4.98 Å². The predicted octanol–water partition coefficient (Wildman–Crippen LogP) is 18.2. The fourth-order valence-corrected chi connectivity index (χ4v) is 10.8. The molecule has 4 heteroatoms. The summed E-state index contributed by atoms with van der Waals surface area (Å²) < 4.78 is 6.55. The zero-order chi connectivity index (χ0) is 49.9. The summed E-state index contributed by atoms with van der Waals surface area (Å²) in [5.74, 6) is 0. The standard InChI is InChI=1S/C71H51N3O/c1-2-14-52(15-3-1)65-47-69(74-68-22-8-6-18-61(65)68)56-37-38-60(64(45-56)55-36-39-63-62-19-7-9-23-70(62)75-71(63)46-55)59-17-5-4-16-58(59)57-43-50(26-24-48-28-32-53(33-29-48)66-20-10-12-40-72-66)42-51(44-57)27-25-49-30-34-54(35-31-49)67-21-11-13-41-73-67/h1-23,28-47H,24-27H2. The maximum atomic E-state index is 6.55. The summed E-state index contributed by atoms with van der Waals surface area (Å²) in [6, 6.07) is 89.4. The van der Waals surface area contributed by atoms with Gasteiger partial charge in [0, 0.05) is 45.2 Å². The zero-order valence-corrected chi connectivity index (χ0v) is 41.4. The molecule has 0 aliphatic rings. The maximum Gasteiger partial charge on any atom is 0.136 e. The van der Waals surface area contributed by atoms with E-state index in [2.05, 4.69) is 222 Å². The van der Waals surface area contributed by atoms with E-state index in [-0.39, 0.29) is 0 Å². The molecular formula is C71H51N3O. The van der Waals surface area contributed by atoms with Gasteiger partial charge in [0.05, 0.1) is 22.6 Å². The van der Waals surface area contributed by atoms with Crippen LogP contribution in [-0.2, 0) is 25.7 Å². The van der Waals surface area contributed by atoms with Crippen molar-refractivity contribution in [3.05, 3.63) is 283 Å². The number of benzene rings is 9. The smallest absolute Gasteiger partial charge is 0.136 e. The Kier molecular flexibility index (Phi) is 12.2. The molecule has 13 rings (SSSR count). The number of nitrogens with zero attached hydrogens (tertiary/aromatic N) is 3. The van der Waals surface area contributed by atoms with Gasteiger partial charge in [-0.2, -0.15) is 0 Å². The fourth-order valence-electron chi connectivity index (χ4n) is 10.8. The average molecular weight is 962 g/mol. The van der Waals surface area contributed by atoms with Crippen molar-refractivity contribution < 1.29 is 4.42 Å². The molecule has 0 aliphatic carbocycles. The first-order valence-electron chi connectivity index (χ1n) is 25.9. The Bertz CT molecular complexity index is 4040. The molecule has 0 radical (unpaired) electrons. The summed E-state index contributed by atoms with van der Waals surface area (Å²) in [6.07, 6.45) is 7.37. The Hall–Kier alpha value is -9.51. The van der Waals surface area contributed by atoms with E-state index in [1.165, 1.54) is 38.9 Å². The molecule has 0 saturated heterocycles. The molecule has 9 aromatic carbocycles. The number of hydrogen-bond donors (Lipinski definition) is 0. The van der Waals surface area contributed by atoms with E-state index < -0.39 is 0 Å². The van der Waals surface area contributed by atoms with Crippen LogP contribution in [0, 0.1) is 0 Å². The van der Waals surface area contributed by atoms with Crippen LogP contribution >= 0.6 is 0 Å². The van der Waals surface area contributed by atoms with E-state index in [1.807, 2.05) is 48.8 Å². The van der Waals surface area contributed by atoms with Crippen LogP contribution in [0.25, 0.3) is 111 Å². The first kappa shape index (κ1) is 45.4. The fraction of sp³-hybridized carbons (Fsp3) is 0.0563. The lowest BCUT2D eigenvalue weighted by Gasteiger charge is -2.18. The van der Waals surface area contributed by atoms with Crippen molar-refractivity contribution in [2.75, 3.05) is 0 Å². The van der Waals surface area contributed by atoms with Gasteiger partial charge < -0.3 is 4.42 Å². The van der Waals surface area contributed by atoms with Crippen LogP contribution in [-0.4, -0.2) is 15.0 Å². The molecule has 75 heavy (non-hydrogen) atoms. The minimum Gasteiger partial charge on any atom is -0.456 e. The number of hydrogen-bond acceptors (Lipinski definition) is 4. The predicted molar refractivity (Wildman–Crippen MR) is 310 cm³/mol. The highest BCUT2D eigenvalue weighted by Crippen LogP contribution is 2.43. The second-order valence-corrected chi connectivity index (χ2v) is 19.4. The third-order valence-electron chi connectivity index (χ3n) is 14.6. The molecule has 0 saturated carbocycles. The van der Waals surface area contributed by atoms with Crippen molar-refractivity contribution in [3.8, 4) is 78.3 Å². The summed E-state index contributed by atoms with van der Waals surface area (Å²) in [6.45, 7) is 0. The van der Waals surface area contributed by atoms with E-state index >= 15 is 0 Å². The lowest BCUT2D eigenvalue weighted by molar-refractivity contribution is 0.669. The van der Waals surface area contributed by atoms with Crippen molar-refractivity contribution in [2.24, 2.45) is 0 Å². The molecule has 4 heterocycles. The number of pyridine rings is 3. The van der Waals surface area contributed by atoms with Crippen LogP contribution < -0.4 is 0 Å². The van der Waals surface area contributed by atoms with Crippen molar-refractivity contribution in [2.45, 2.75) is 25.7 Å². The molecule has 0 unspecified atom stereocenters. The van der Waals surface area contributed by atoms with Crippen molar-refractivity contribution in [3.63, 3.8) is 0 Å². The van der Waals surface area contributed by atoms with E-state index in [0.717, 1.165) is 120 Å². The van der Waals surface area contributed by atoms with Gasteiger partial charge in [0.15, 0.2) is 0 Å². The summed E-state index contributed by atoms with van der Waals surface area (Å²) in [5.41, 5.74) is 23.4. The van der Waals surface area contributed by atoms with Gasteiger partial charge in [-0.1, -0.05) is 188 Å². The topological polar surface area (TPSA) is 51.8 Å². The highest BCUT2D eigenvalue weighted by Gasteiger charge is 2.19. The van der Waals surface area contributed by atoms with Gasteiger partial charge in [-0.15, -0.1) is 0 Å². The molecule has 0 amide bonds. The van der Waals surface area contributed by atoms with Crippen molar-refractivity contribution in [1.82, 2.24) is 15.0 Å². The minimum atomic E-state index is 0.864. The molecule has 356 valence electrons. The third-order valence-corrected chi connectivity index (χ3v) is 14.6. The Morgan fingerprint density at radius 1 is 0.267 bits per heavy atom. The summed E-state index contributed by atoms with van der Waals surface area (Å²) in [7, 11) is 0. The largest absolute Gasteiger partial charge is 0.456 e. The summed E-state index contributed by atoms with van der Waals surface area (Å²) >= 11 is 0. The molecular weight excluding hydrogens is 911 g/mol. The minimum absolute atomic E-state index is 0.864. The van der Waals surface area contributed by atoms with Crippen molar-refractivity contribution >= 4 is 32.8 Å². The van der Waals surface area contributed by atoms with Gasteiger partial charge in [0.1, 0.15) is 11.2 Å². The maximum absolute atomic E-state index is 6.55. The lowest BCUT2D eigenvalue weighted by atomic mass is 9.86. The van der Waals surface area contributed by atoms with Crippen molar-refractivity contribution in [1.29, 1.82) is 0 Å². The molecule has 4 nitrogen and oxygen atoms in total. The Morgan fingerprint density at radius 3 is 1.49 bits per heavy atom. The zero-order valence-electron chi connectivity index (χ0n) is 41.4. The number of fused-ring (bicyclic) bond motifs is 4. The van der Waals surface area contributed by atoms with E-state index in [1.54, 1.807) is 0 Å². The van der Waals surface area contributed by atoms with Crippen LogP contribution in [0.15, 0.2) is 266 Å². The molecule has 0 bridgehead atoms. The second kappa shape index (κ2) is 20.2. The van der Waals surface area contributed by atoms with Gasteiger partial charge >= 0.3 is 0 Å². The van der Waals surface area contributed by atoms with Gasteiger partial charge in [0.25, 0.3) is 0 Å². The monoisotopic (exact) mass is 961 g/mol. The van der Waals surface area contributed by atoms with Crippen LogP contribution in [0.3, 0.4) is 0 Å². The number of para-hydroxylation sites is 2. The average Bonchev–Trinajstić information content (AvgIpc) is 3.87. The molecule has 13 aromatic rings. The van der Waals surface area contributed by atoms with Gasteiger partial charge in [-0.05, 0) is 153 Å². The number of aromatic nitrogens is 3. The van der Waals surface area contributed by atoms with Gasteiger partial charge in [0.2, 0.25) is 0 Å². The van der Waals surface area contributed by atoms with Crippen LogP contribution in [0.5, 0.6) is 0 Å². The van der Waals surface area contributed by atoms with Gasteiger partial charge in [-0.3, -0.25) is 9.97 Å². The Balaban J connectivity index is 0.914. The second-order valence-electron chi connectivity index (χ2n) is 19.4. The number of aryl methyl sites for hydroxylation is 4. The third kappa shape index (κ3) is 9.42. The number of rotatable bonds is 13. The lowest BCUT2D eigenvalue weighted by Crippen LogP contribution is -1.98. The van der Waals surface area contributed by atoms with Crippen LogP contribution in [0.2, 0.25) is 0 Å². The van der Waals surface area contributed by atoms with Crippen LogP contribution in [0.1, 0.15) is 22.3 Å². The molecule has 0 N–H and O–H groups in total. The van der Waals surface area contributed by atoms with Crippen LogP contribution in [0.4, 0.5) is 0 Å². The first-order valence-corrected chi connectivity index (χ1v) is 25.9. The Labute approximate surface area is 437 Å². The Morgan fingerprint density at radius 2 is 0.813 bits per heavy atom. The summed E-state index contributed by atoms with van der Waals surface area (Å²) in [4.78, 5) is 14.5. The molecule has 0 aliphatic heterocycles. The number of furan rings is 1. The normalized spacial score (nSPS) is 11.4.